The van der Waals surface area contributed by atoms with Crippen molar-refractivity contribution >= 4 is 47.0 Å². The Bertz CT molecular complexity index is 1360. The maximum atomic E-state index is 14.5. The lowest BCUT2D eigenvalue weighted by molar-refractivity contribution is -0.161. The van der Waals surface area contributed by atoms with E-state index in [9.17, 15) is 24.3 Å². The molecule has 3 fully saturated rings. The second kappa shape index (κ2) is 10.4. The number of piperidine rings is 1. The summed E-state index contributed by atoms with van der Waals surface area (Å²) in [4.78, 5) is 55.7. The molecular weight excluding hydrogens is 553 g/mol. The standard InChI is InChI=1S/C30H33Cl2N3O5/c1-29(2)26(38)34(28(40)33-29)16-23(17-7-8-17)35-25(18-9-11-20(31)12-10-18)22(19-5-4-6-21(32)13-19)14-30(3,27(35)39)15-24(36)37/h4-6,9-13,17,22-23,25H,7-8,14-16H2,1-3H3,(H,33,40)(H,36,37)/t22-,23?,25-,30-/m1/s1. The molecule has 4 atom stereocenters. The zero-order valence-electron chi connectivity index (χ0n) is 22.7. The minimum atomic E-state index is -1.22. The van der Waals surface area contributed by atoms with Crippen LogP contribution in [0, 0.1) is 11.3 Å². The van der Waals surface area contributed by atoms with Crippen LogP contribution in [0.3, 0.4) is 0 Å². The number of benzene rings is 2. The van der Waals surface area contributed by atoms with Crippen molar-refractivity contribution in [1.29, 1.82) is 0 Å². The Morgan fingerprint density at radius 2 is 1.68 bits per heavy atom. The molecule has 0 bridgehead atoms. The fraction of sp³-hybridized carbons (Fsp3) is 0.467. The van der Waals surface area contributed by atoms with Crippen molar-refractivity contribution < 1.29 is 24.3 Å². The average molecular weight is 587 g/mol. The van der Waals surface area contributed by atoms with E-state index < -0.39 is 35.0 Å². The quantitative estimate of drug-likeness (QED) is 0.390. The van der Waals surface area contributed by atoms with Gasteiger partial charge in [-0.15, -0.1) is 0 Å². The van der Waals surface area contributed by atoms with E-state index in [0.717, 1.165) is 24.0 Å². The fourth-order valence-electron chi connectivity index (χ4n) is 6.36. The number of rotatable bonds is 8. The largest absolute Gasteiger partial charge is 0.481 e. The Morgan fingerprint density at radius 3 is 2.23 bits per heavy atom. The average Bonchev–Trinajstić information content (AvgIpc) is 3.69. The van der Waals surface area contributed by atoms with E-state index in [0.29, 0.717) is 10.0 Å². The molecule has 2 N–H and O–H groups in total. The molecule has 0 aromatic heterocycles. The summed E-state index contributed by atoms with van der Waals surface area (Å²) in [5.41, 5.74) is -0.547. The lowest BCUT2D eigenvalue weighted by atomic mass is 9.67. The zero-order chi connectivity index (χ0) is 29.0. The molecule has 212 valence electrons. The molecule has 4 amide bonds. The fourth-order valence-corrected chi connectivity index (χ4v) is 6.69. The van der Waals surface area contributed by atoms with Gasteiger partial charge in [0.2, 0.25) is 5.91 Å². The zero-order valence-corrected chi connectivity index (χ0v) is 24.2. The Morgan fingerprint density at radius 1 is 1.00 bits per heavy atom. The van der Waals surface area contributed by atoms with E-state index in [1.165, 1.54) is 4.90 Å². The minimum absolute atomic E-state index is 0.0278. The first kappa shape index (κ1) is 28.4. The van der Waals surface area contributed by atoms with Crippen molar-refractivity contribution in [2.75, 3.05) is 6.54 Å². The summed E-state index contributed by atoms with van der Waals surface area (Å²) in [6, 6.07) is 13.2. The van der Waals surface area contributed by atoms with E-state index in [1.807, 2.05) is 30.3 Å². The van der Waals surface area contributed by atoms with Gasteiger partial charge in [-0.3, -0.25) is 19.3 Å². The number of carboxylic acid groups (broad SMARTS) is 1. The predicted octanol–water partition coefficient (Wildman–Crippen LogP) is 5.64. The first-order valence-corrected chi connectivity index (χ1v) is 14.3. The summed E-state index contributed by atoms with van der Waals surface area (Å²) >= 11 is 12.6. The molecule has 3 aliphatic rings. The molecule has 2 aliphatic heterocycles. The van der Waals surface area contributed by atoms with Crippen LogP contribution in [0.25, 0.3) is 0 Å². The van der Waals surface area contributed by atoms with Crippen molar-refractivity contribution in [3.8, 4) is 0 Å². The number of carboxylic acids is 1. The molecular formula is C30H33Cl2N3O5. The molecule has 8 nitrogen and oxygen atoms in total. The molecule has 2 saturated heterocycles. The number of urea groups is 1. The van der Waals surface area contributed by atoms with Crippen LogP contribution in [-0.4, -0.2) is 56.8 Å². The van der Waals surface area contributed by atoms with Crippen molar-refractivity contribution in [2.45, 2.75) is 70.0 Å². The van der Waals surface area contributed by atoms with Crippen LogP contribution < -0.4 is 5.32 Å². The number of nitrogens with zero attached hydrogens (tertiary/aromatic N) is 2. The normalized spacial score (nSPS) is 27.1. The molecule has 2 heterocycles. The van der Waals surface area contributed by atoms with Gasteiger partial charge in [-0.2, -0.15) is 0 Å². The highest BCUT2D eigenvalue weighted by atomic mass is 35.5. The first-order valence-electron chi connectivity index (χ1n) is 13.5. The molecule has 10 heteroatoms. The van der Waals surface area contributed by atoms with Crippen LogP contribution in [0.2, 0.25) is 10.0 Å². The number of hydrogen-bond donors (Lipinski definition) is 2. The Hall–Kier alpha value is -3.10. The smallest absolute Gasteiger partial charge is 0.325 e. The molecule has 40 heavy (non-hydrogen) atoms. The number of hydrogen-bond acceptors (Lipinski definition) is 4. The molecule has 5 rings (SSSR count). The third-order valence-electron chi connectivity index (χ3n) is 8.47. The van der Waals surface area contributed by atoms with Gasteiger partial charge in [0.1, 0.15) is 5.54 Å². The molecule has 1 aliphatic carbocycles. The number of amides is 4. The number of halogens is 2. The SMILES string of the molecule is CC1(C)NC(=O)N(CC(C2CC2)N2C(=O)[C@@](C)(CC(=O)O)C[C@H](c3cccc(Cl)c3)[C@H]2c2ccc(Cl)cc2)C1=O. The van der Waals surface area contributed by atoms with Gasteiger partial charge in [0.15, 0.2) is 0 Å². The molecule has 1 saturated carbocycles. The highest BCUT2D eigenvalue weighted by Crippen LogP contribution is 2.54. The molecule has 2 aromatic rings. The maximum absolute atomic E-state index is 14.5. The molecule has 0 spiro atoms. The Labute approximate surface area is 243 Å². The number of aliphatic carboxylic acids is 1. The van der Waals surface area contributed by atoms with Crippen LogP contribution in [0.1, 0.15) is 69.5 Å². The van der Waals surface area contributed by atoms with E-state index in [-0.39, 0.29) is 43.0 Å². The monoisotopic (exact) mass is 585 g/mol. The number of carbonyl (C=O) groups is 4. The van der Waals surface area contributed by atoms with Crippen molar-refractivity contribution in [3.05, 3.63) is 69.7 Å². The third-order valence-corrected chi connectivity index (χ3v) is 8.96. The second-order valence-electron chi connectivity index (χ2n) is 12.1. The van der Waals surface area contributed by atoms with Gasteiger partial charge in [-0.1, -0.05) is 54.4 Å². The van der Waals surface area contributed by atoms with Crippen molar-refractivity contribution in [3.63, 3.8) is 0 Å². The number of imide groups is 1. The van der Waals surface area contributed by atoms with Crippen LogP contribution in [0.15, 0.2) is 48.5 Å². The van der Waals surface area contributed by atoms with E-state index in [2.05, 4.69) is 5.32 Å². The van der Waals surface area contributed by atoms with E-state index in [4.69, 9.17) is 23.2 Å². The van der Waals surface area contributed by atoms with Crippen LogP contribution in [0.4, 0.5) is 4.79 Å². The van der Waals surface area contributed by atoms with Gasteiger partial charge in [0.05, 0.1) is 30.5 Å². The topological polar surface area (TPSA) is 107 Å². The molecule has 0 radical (unpaired) electrons. The Balaban J connectivity index is 1.67. The summed E-state index contributed by atoms with van der Waals surface area (Å²) in [7, 11) is 0. The molecule has 2 aromatic carbocycles. The van der Waals surface area contributed by atoms with Gasteiger partial charge in [-0.25, -0.2) is 4.79 Å². The van der Waals surface area contributed by atoms with Gasteiger partial charge < -0.3 is 15.3 Å². The predicted molar refractivity (Wildman–Crippen MR) is 151 cm³/mol. The van der Waals surface area contributed by atoms with Crippen LogP contribution in [0.5, 0.6) is 0 Å². The highest BCUT2D eigenvalue weighted by molar-refractivity contribution is 6.30. The summed E-state index contributed by atoms with van der Waals surface area (Å²) in [6.07, 6.45) is 1.62. The van der Waals surface area contributed by atoms with Gasteiger partial charge >= 0.3 is 12.0 Å². The van der Waals surface area contributed by atoms with Gasteiger partial charge in [0.25, 0.3) is 5.91 Å². The summed E-state index contributed by atoms with van der Waals surface area (Å²) in [6.45, 7) is 5.04. The van der Waals surface area contributed by atoms with Crippen molar-refractivity contribution in [2.24, 2.45) is 11.3 Å². The number of nitrogens with one attached hydrogen (secondary N) is 1. The van der Waals surface area contributed by atoms with Crippen molar-refractivity contribution in [1.82, 2.24) is 15.1 Å². The highest BCUT2D eigenvalue weighted by Gasteiger charge is 2.56. The second-order valence-corrected chi connectivity index (χ2v) is 13.0. The van der Waals surface area contributed by atoms with E-state index >= 15 is 0 Å². The summed E-state index contributed by atoms with van der Waals surface area (Å²) in [5.74, 6) is -1.95. The summed E-state index contributed by atoms with van der Waals surface area (Å²) in [5, 5.41) is 13.7. The third kappa shape index (κ3) is 5.31. The molecule has 1 unspecified atom stereocenters. The maximum Gasteiger partial charge on any atom is 0.325 e. The Kier molecular flexibility index (Phi) is 7.38. The van der Waals surface area contributed by atoms with Crippen LogP contribution in [-0.2, 0) is 14.4 Å². The van der Waals surface area contributed by atoms with Gasteiger partial charge in [0, 0.05) is 16.0 Å². The van der Waals surface area contributed by atoms with Gasteiger partial charge in [-0.05, 0) is 74.4 Å². The summed E-state index contributed by atoms with van der Waals surface area (Å²) < 4.78 is 0. The lowest BCUT2D eigenvalue weighted by Crippen LogP contribution is -2.59. The minimum Gasteiger partial charge on any atom is -0.481 e. The first-order chi connectivity index (χ1) is 18.8. The lowest BCUT2D eigenvalue weighted by Gasteiger charge is -2.52. The van der Waals surface area contributed by atoms with Crippen LogP contribution >= 0.6 is 23.2 Å². The number of carbonyl (C=O) groups excluding carboxylic acids is 3. The van der Waals surface area contributed by atoms with E-state index in [1.54, 1.807) is 43.9 Å². The number of likely N-dealkylation sites (tertiary alicyclic amines) is 1.